The predicted octanol–water partition coefficient (Wildman–Crippen LogP) is 1.21. The first kappa shape index (κ1) is 21.0. The zero-order valence-corrected chi connectivity index (χ0v) is 16.4. The van der Waals surface area contributed by atoms with Crippen molar-refractivity contribution in [1.29, 1.82) is 0 Å². The standard InChI is InChI=1S/C18H21N3O6S/c1-26-15-9-8-14(10-16(15)27-2)21(28(3,24)25)11-17(22)20-13-6-4-12(5-7-13)18(19)23/h4-10H,11H2,1-3H3,(H2,19,23)(H,20,22). The molecule has 2 aromatic rings. The normalized spacial score (nSPS) is 10.8. The highest BCUT2D eigenvalue weighted by Crippen LogP contribution is 2.32. The highest BCUT2D eigenvalue weighted by Gasteiger charge is 2.22. The van der Waals surface area contributed by atoms with E-state index in [1.165, 1.54) is 50.6 Å². The Kier molecular flexibility index (Phi) is 6.47. The summed E-state index contributed by atoms with van der Waals surface area (Å²) in [7, 11) is -0.866. The number of benzene rings is 2. The molecule has 9 nitrogen and oxygen atoms in total. The SMILES string of the molecule is COc1ccc(N(CC(=O)Nc2ccc(C(N)=O)cc2)S(C)(=O)=O)cc1OC. The molecule has 0 saturated carbocycles. The highest BCUT2D eigenvalue weighted by molar-refractivity contribution is 7.92. The maximum absolute atomic E-state index is 12.4. The molecule has 0 unspecified atom stereocenters. The summed E-state index contributed by atoms with van der Waals surface area (Å²) in [5.74, 6) is -0.392. The third-order valence-corrected chi connectivity index (χ3v) is 4.94. The van der Waals surface area contributed by atoms with Crippen molar-refractivity contribution in [2.75, 3.05) is 36.6 Å². The van der Waals surface area contributed by atoms with Gasteiger partial charge in [-0.25, -0.2) is 8.42 Å². The number of carbonyl (C=O) groups is 2. The maximum Gasteiger partial charge on any atom is 0.248 e. The number of nitrogens with one attached hydrogen (secondary N) is 1. The third kappa shape index (κ3) is 5.13. The van der Waals surface area contributed by atoms with E-state index >= 15 is 0 Å². The van der Waals surface area contributed by atoms with Crippen molar-refractivity contribution >= 4 is 33.2 Å². The summed E-state index contributed by atoms with van der Waals surface area (Å²) in [4.78, 5) is 23.5. The Bertz CT molecular complexity index is 973. The maximum atomic E-state index is 12.4. The number of hydrogen-bond acceptors (Lipinski definition) is 6. The van der Waals surface area contributed by atoms with Crippen LogP contribution < -0.4 is 24.8 Å². The molecule has 3 N–H and O–H groups in total. The quantitative estimate of drug-likeness (QED) is 0.677. The Morgan fingerprint density at radius 3 is 2.14 bits per heavy atom. The molecule has 0 aromatic heterocycles. The summed E-state index contributed by atoms with van der Waals surface area (Å²) >= 11 is 0. The van der Waals surface area contributed by atoms with Gasteiger partial charge in [-0.2, -0.15) is 0 Å². The molecule has 0 atom stereocenters. The lowest BCUT2D eigenvalue weighted by Crippen LogP contribution is -2.37. The van der Waals surface area contributed by atoms with Gasteiger partial charge < -0.3 is 20.5 Å². The van der Waals surface area contributed by atoms with Gasteiger partial charge in [0.15, 0.2) is 11.5 Å². The zero-order valence-electron chi connectivity index (χ0n) is 15.6. The fraction of sp³-hybridized carbons (Fsp3) is 0.222. The second-order valence-electron chi connectivity index (χ2n) is 5.80. The van der Waals surface area contributed by atoms with Crippen LogP contribution in [-0.2, 0) is 14.8 Å². The third-order valence-electron chi connectivity index (χ3n) is 3.80. The predicted molar refractivity (Wildman–Crippen MR) is 105 cm³/mol. The number of ether oxygens (including phenoxy) is 2. The van der Waals surface area contributed by atoms with Crippen molar-refractivity contribution in [1.82, 2.24) is 0 Å². The number of primary amides is 1. The smallest absolute Gasteiger partial charge is 0.248 e. The second kappa shape index (κ2) is 8.61. The summed E-state index contributed by atoms with van der Waals surface area (Å²) in [5, 5.41) is 2.58. The molecule has 0 aliphatic heterocycles. The highest BCUT2D eigenvalue weighted by atomic mass is 32.2. The molecule has 0 saturated heterocycles. The van der Waals surface area contributed by atoms with E-state index in [0.29, 0.717) is 22.7 Å². The van der Waals surface area contributed by atoms with E-state index in [-0.39, 0.29) is 5.69 Å². The number of nitrogens with two attached hydrogens (primary N) is 1. The Morgan fingerprint density at radius 1 is 1.04 bits per heavy atom. The van der Waals surface area contributed by atoms with Crippen LogP contribution in [-0.4, -0.2) is 47.3 Å². The van der Waals surface area contributed by atoms with E-state index in [4.69, 9.17) is 15.2 Å². The molecule has 2 aromatic carbocycles. The van der Waals surface area contributed by atoms with Crippen molar-refractivity contribution in [3.05, 3.63) is 48.0 Å². The Labute approximate surface area is 163 Å². The molecule has 0 radical (unpaired) electrons. The number of rotatable bonds is 8. The van der Waals surface area contributed by atoms with Gasteiger partial charge >= 0.3 is 0 Å². The van der Waals surface area contributed by atoms with Crippen LogP contribution in [0, 0.1) is 0 Å². The monoisotopic (exact) mass is 407 g/mol. The van der Waals surface area contributed by atoms with Gasteiger partial charge in [-0.15, -0.1) is 0 Å². The molecule has 0 heterocycles. The van der Waals surface area contributed by atoms with Gasteiger partial charge in [0, 0.05) is 17.3 Å². The fourth-order valence-corrected chi connectivity index (χ4v) is 3.28. The van der Waals surface area contributed by atoms with E-state index in [1.54, 1.807) is 6.07 Å². The van der Waals surface area contributed by atoms with E-state index < -0.39 is 28.4 Å². The summed E-state index contributed by atoms with van der Waals surface area (Å²) in [6.07, 6.45) is 0.999. The first-order valence-corrected chi connectivity index (χ1v) is 9.90. The van der Waals surface area contributed by atoms with Crippen molar-refractivity contribution in [3.63, 3.8) is 0 Å². The van der Waals surface area contributed by atoms with Crippen LogP contribution in [0.25, 0.3) is 0 Å². The number of hydrogen-bond donors (Lipinski definition) is 2. The number of sulfonamides is 1. The number of methoxy groups -OCH3 is 2. The summed E-state index contributed by atoms with van der Waals surface area (Å²) in [6.45, 7) is -0.452. The Hall–Kier alpha value is -3.27. The molecular formula is C18H21N3O6S. The minimum Gasteiger partial charge on any atom is -0.493 e. The molecule has 150 valence electrons. The molecular weight excluding hydrogens is 386 g/mol. The van der Waals surface area contributed by atoms with Gasteiger partial charge in [0.05, 0.1) is 26.2 Å². The first-order chi connectivity index (χ1) is 13.2. The van der Waals surface area contributed by atoms with Crippen LogP contribution in [0.3, 0.4) is 0 Å². The molecule has 2 amide bonds. The average molecular weight is 407 g/mol. The molecule has 0 aliphatic rings. The second-order valence-corrected chi connectivity index (χ2v) is 7.71. The summed E-state index contributed by atoms with van der Waals surface area (Å²) in [6, 6.07) is 10.4. The summed E-state index contributed by atoms with van der Waals surface area (Å²) < 4.78 is 35.7. The van der Waals surface area contributed by atoms with Crippen molar-refractivity contribution < 1.29 is 27.5 Å². The van der Waals surface area contributed by atoms with Crippen molar-refractivity contribution in [2.24, 2.45) is 5.73 Å². The lowest BCUT2D eigenvalue weighted by molar-refractivity contribution is -0.114. The van der Waals surface area contributed by atoms with Gasteiger partial charge in [0.1, 0.15) is 6.54 Å². The largest absolute Gasteiger partial charge is 0.493 e. The van der Waals surface area contributed by atoms with Crippen LogP contribution in [0.4, 0.5) is 11.4 Å². The lowest BCUT2D eigenvalue weighted by Gasteiger charge is -2.23. The van der Waals surface area contributed by atoms with Gasteiger partial charge in [0.2, 0.25) is 21.8 Å². The van der Waals surface area contributed by atoms with Crippen LogP contribution in [0.2, 0.25) is 0 Å². The molecule has 0 fully saturated rings. The van der Waals surface area contributed by atoms with Gasteiger partial charge in [-0.05, 0) is 36.4 Å². The lowest BCUT2D eigenvalue weighted by atomic mass is 10.2. The average Bonchev–Trinajstić information content (AvgIpc) is 2.65. The minimum absolute atomic E-state index is 0.249. The van der Waals surface area contributed by atoms with Gasteiger partial charge in [0.25, 0.3) is 0 Å². The molecule has 28 heavy (non-hydrogen) atoms. The van der Waals surface area contributed by atoms with Crippen LogP contribution in [0.5, 0.6) is 11.5 Å². The topological polar surface area (TPSA) is 128 Å². The fourth-order valence-electron chi connectivity index (χ4n) is 2.43. The van der Waals surface area contributed by atoms with Crippen LogP contribution >= 0.6 is 0 Å². The van der Waals surface area contributed by atoms with Crippen LogP contribution in [0.15, 0.2) is 42.5 Å². The van der Waals surface area contributed by atoms with E-state index in [0.717, 1.165) is 10.6 Å². The van der Waals surface area contributed by atoms with Crippen molar-refractivity contribution in [3.8, 4) is 11.5 Å². The molecule has 0 aliphatic carbocycles. The molecule has 2 rings (SSSR count). The molecule has 0 spiro atoms. The molecule has 10 heteroatoms. The number of anilines is 2. The van der Waals surface area contributed by atoms with Gasteiger partial charge in [-0.3, -0.25) is 13.9 Å². The van der Waals surface area contributed by atoms with Crippen molar-refractivity contribution in [2.45, 2.75) is 0 Å². The Morgan fingerprint density at radius 2 is 1.64 bits per heavy atom. The summed E-state index contributed by atoms with van der Waals surface area (Å²) in [5.41, 5.74) is 6.11. The van der Waals surface area contributed by atoms with E-state index in [2.05, 4.69) is 5.32 Å². The van der Waals surface area contributed by atoms with E-state index in [1.807, 2.05) is 0 Å². The number of carbonyl (C=O) groups excluding carboxylic acids is 2. The van der Waals surface area contributed by atoms with E-state index in [9.17, 15) is 18.0 Å². The Balaban J connectivity index is 2.23. The number of amides is 2. The number of nitrogens with zero attached hydrogens (tertiary/aromatic N) is 1. The molecule has 0 bridgehead atoms. The zero-order chi connectivity index (χ0) is 20.9. The minimum atomic E-state index is -3.75. The van der Waals surface area contributed by atoms with Crippen LogP contribution in [0.1, 0.15) is 10.4 Å². The van der Waals surface area contributed by atoms with Gasteiger partial charge in [-0.1, -0.05) is 0 Å². The first-order valence-electron chi connectivity index (χ1n) is 8.05.